The molecule has 7 heteroatoms. The molecule has 2 heterocycles. The van der Waals surface area contributed by atoms with E-state index < -0.39 is 0 Å². The van der Waals surface area contributed by atoms with Crippen molar-refractivity contribution in [2.45, 2.75) is 20.0 Å². The van der Waals surface area contributed by atoms with Gasteiger partial charge in [-0.05, 0) is 18.6 Å². The number of benzene rings is 1. The van der Waals surface area contributed by atoms with E-state index in [1.165, 1.54) is 6.08 Å². The molecule has 1 aromatic heterocycles. The summed E-state index contributed by atoms with van der Waals surface area (Å²) in [6.45, 7) is 3.34. The molecule has 0 saturated carbocycles. The van der Waals surface area contributed by atoms with Crippen molar-refractivity contribution in [1.82, 2.24) is 20.4 Å². The van der Waals surface area contributed by atoms with Gasteiger partial charge in [-0.3, -0.25) is 9.89 Å². The van der Waals surface area contributed by atoms with Gasteiger partial charge in [-0.15, -0.1) is 0 Å². The first-order valence-electron chi connectivity index (χ1n) is 7.80. The second-order valence-electron chi connectivity index (χ2n) is 5.45. The van der Waals surface area contributed by atoms with E-state index in [9.17, 15) is 9.59 Å². The van der Waals surface area contributed by atoms with Crippen LogP contribution in [0.25, 0.3) is 6.08 Å². The summed E-state index contributed by atoms with van der Waals surface area (Å²) in [7, 11) is 0. The van der Waals surface area contributed by atoms with E-state index in [-0.39, 0.29) is 11.9 Å². The minimum atomic E-state index is -0.260. The average Bonchev–Trinajstić information content (AvgIpc) is 3.16. The number of nitrogens with zero attached hydrogens (tertiary/aromatic N) is 2. The lowest BCUT2D eigenvalue weighted by molar-refractivity contribution is -0.111. The molecule has 0 bridgehead atoms. The number of fused-ring (bicyclic) bond motifs is 1. The van der Waals surface area contributed by atoms with Crippen LogP contribution in [0.5, 0.6) is 0 Å². The molecule has 7 nitrogen and oxygen atoms in total. The van der Waals surface area contributed by atoms with Crippen LogP contribution in [-0.2, 0) is 17.9 Å². The normalized spacial score (nSPS) is 13.1. The number of amides is 3. The van der Waals surface area contributed by atoms with Gasteiger partial charge in [0.15, 0.2) is 5.82 Å². The van der Waals surface area contributed by atoms with Gasteiger partial charge >= 0.3 is 6.03 Å². The van der Waals surface area contributed by atoms with E-state index in [0.29, 0.717) is 25.5 Å². The van der Waals surface area contributed by atoms with Gasteiger partial charge in [-0.2, -0.15) is 5.10 Å². The smallest absolute Gasteiger partial charge is 0.318 e. The van der Waals surface area contributed by atoms with Crippen LogP contribution in [0.15, 0.2) is 36.4 Å². The predicted molar refractivity (Wildman–Crippen MR) is 91.0 cm³/mol. The van der Waals surface area contributed by atoms with Crippen LogP contribution in [0.4, 0.5) is 10.6 Å². The molecule has 1 aromatic carbocycles. The number of urea groups is 1. The molecular formula is C17H19N5O2. The molecule has 0 fully saturated rings. The highest BCUT2D eigenvalue weighted by atomic mass is 16.2. The van der Waals surface area contributed by atoms with Gasteiger partial charge in [-0.25, -0.2) is 4.79 Å². The summed E-state index contributed by atoms with van der Waals surface area (Å²) < 4.78 is 0. The maximum Gasteiger partial charge on any atom is 0.318 e. The Morgan fingerprint density at radius 1 is 1.29 bits per heavy atom. The lowest BCUT2D eigenvalue weighted by Crippen LogP contribution is -2.36. The SMILES string of the molecule is CCNC(=O)N1Cc2[nH]nc(NC(=O)/C=C\c3ccccc3)c2C1. The molecule has 3 rings (SSSR count). The van der Waals surface area contributed by atoms with Crippen molar-refractivity contribution in [3.63, 3.8) is 0 Å². The summed E-state index contributed by atoms with van der Waals surface area (Å²) in [6, 6.07) is 9.46. The quantitative estimate of drug-likeness (QED) is 0.752. The number of carbonyl (C=O) groups excluding carboxylic acids is 2. The van der Waals surface area contributed by atoms with E-state index in [2.05, 4.69) is 20.8 Å². The molecular weight excluding hydrogens is 306 g/mol. The fourth-order valence-corrected chi connectivity index (χ4v) is 2.54. The molecule has 24 heavy (non-hydrogen) atoms. The molecule has 0 unspecified atom stereocenters. The van der Waals surface area contributed by atoms with Gasteiger partial charge in [0.05, 0.1) is 18.8 Å². The molecule has 0 atom stereocenters. The van der Waals surface area contributed by atoms with Gasteiger partial charge < -0.3 is 15.5 Å². The zero-order valence-corrected chi connectivity index (χ0v) is 13.4. The average molecular weight is 325 g/mol. The third-order valence-electron chi connectivity index (χ3n) is 3.73. The predicted octanol–water partition coefficient (Wildman–Crippen LogP) is 2.11. The second-order valence-corrected chi connectivity index (χ2v) is 5.45. The largest absolute Gasteiger partial charge is 0.338 e. The molecule has 0 radical (unpaired) electrons. The second kappa shape index (κ2) is 6.99. The summed E-state index contributed by atoms with van der Waals surface area (Å²) in [5.74, 6) is 0.212. The van der Waals surface area contributed by atoms with Crippen molar-refractivity contribution in [2.24, 2.45) is 0 Å². The lowest BCUT2D eigenvalue weighted by Gasteiger charge is -2.15. The summed E-state index contributed by atoms with van der Waals surface area (Å²) in [6.07, 6.45) is 3.20. The number of aromatic amines is 1. The number of anilines is 1. The molecule has 1 aliphatic rings. The standard InChI is InChI=1S/C17H19N5O2/c1-2-18-17(24)22-10-13-14(11-22)20-21-16(13)19-15(23)9-8-12-6-4-3-5-7-12/h3-9H,2,10-11H2,1H3,(H,18,24)(H2,19,20,21,23)/b9-8-. The fraction of sp³-hybridized carbons (Fsp3) is 0.235. The Bertz CT molecular complexity index is 767. The van der Waals surface area contributed by atoms with Crippen LogP contribution in [0.2, 0.25) is 0 Å². The van der Waals surface area contributed by atoms with Gasteiger partial charge in [0.2, 0.25) is 5.91 Å². The number of hydrogen-bond donors (Lipinski definition) is 3. The first kappa shape index (κ1) is 15.8. The van der Waals surface area contributed by atoms with Gasteiger partial charge in [0.25, 0.3) is 0 Å². The Kier molecular flexibility index (Phi) is 4.60. The van der Waals surface area contributed by atoms with E-state index in [1.54, 1.807) is 11.0 Å². The Balaban J connectivity index is 1.63. The summed E-state index contributed by atoms with van der Waals surface area (Å²) in [5, 5.41) is 12.5. The van der Waals surface area contributed by atoms with E-state index in [1.807, 2.05) is 37.3 Å². The minimum Gasteiger partial charge on any atom is -0.338 e. The highest BCUT2D eigenvalue weighted by Gasteiger charge is 2.28. The number of H-pyrrole nitrogens is 1. The van der Waals surface area contributed by atoms with Crippen molar-refractivity contribution in [2.75, 3.05) is 11.9 Å². The van der Waals surface area contributed by atoms with Crippen LogP contribution in [0.1, 0.15) is 23.7 Å². The first-order chi connectivity index (χ1) is 11.7. The number of aromatic nitrogens is 2. The van der Waals surface area contributed by atoms with Crippen molar-refractivity contribution in [1.29, 1.82) is 0 Å². The van der Waals surface area contributed by atoms with Crippen molar-refractivity contribution >= 4 is 23.8 Å². The molecule has 124 valence electrons. The molecule has 3 N–H and O–H groups in total. The van der Waals surface area contributed by atoms with Gasteiger partial charge in [0, 0.05) is 18.2 Å². The summed E-state index contributed by atoms with van der Waals surface area (Å²) in [5.41, 5.74) is 2.65. The Hall–Kier alpha value is -3.09. The van der Waals surface area contributed by atoms with E-state index >= 15 is 0 Å². The fourth-order valence-electron chi connectivity index (χ4n) is 2.54. The van der Waals surface area contributed by atoms with Crippen LogP contribution in [-0.4, -0.2) is 33.6 Å². The van der Waals surface area contributed by atoms with Gasteiger partial charge in [-0.1, -0.05) is 30.3 Å². The molecule has 3 amide bonds. The topological polar surface area (TPSA) is 90.1 Å². The zero-order valence-electron chi connectivity index (χ0n) is 13.4. The third kappa shape index (κ3) is 3.45. The number of nitrogens with one attached hydrogen (secondary N) is 3. The van der Waals surface area contributed by atoms with Crippen LogP contribution >= 0.6 is 0 Å². The van der Waals surface area contributed by atoms with Crippen molar-refractivity contribution in [3.8, 4) is 0 Å². The maximum absolute atomic E-state index is 12.1. The van der Waals surface area contributed by atoms with Crippen LogP contribution in [0.3, 0.4) is 0 Å². The maximum atomic E-state index is 12.1. The van der Waals surface area contributed by atoms with E-state index in [4.69, 9.17) is 0 Å². The Morgan fingerprint density at radius 3 is 2.83 bits per heavy atom. The minimum absolute atomic E-state index is 0.122. The number of rotatable bonds is 4. The molecule has 0 spiro atoms. The summed E-state index contributed by atoms with van der Waals surface area (Å²) >= 11 is 0. The van der Waals surface area contributed by atoms with Crippen LogP contribution in [0, 0.1) is 0 Å². The first-order valence-corrected chi connectivity index (χ1v) is 7.80. The highest BCUT2D eigenvalue weighted by Crippen LogP contribution is 2.26. The zero-order chi connectivity index (χ0) is 16.9. The number of hydrogen-bond acceptors (Lipinski definition) is 3. The Labute approximate surface area is 139 Å². The molecule has 0 saturated heterocycles. The lowest BCUT2D eigenvalue weighted by atomic mass is 10.2. The van der Waals surface area contributed by atoms with Crippen LogP contribution < -0.4 is 10.6 Å². The van der Waals surface area contributed by atoms with Crippen molar-refractivity contribution < 1.29 is 9.59 Å². The molecule has 1 aliphatic heterocycles. The third-order valence-corrected chi connectivity index (χ3v) is 3.73. The van der Waals surface area contributed by atoms with Gasteiger partial charge in [0.1, 0.15) is 0 Å². The Morgan fingerprint density at radius 2 is 2.08 bits per heavy atom. The van der Waals surface area contributed by atoms with Crippen molar-refractivity contribution in [3.05, 3.63) is 53.2 Å². The summed E-state index contributed by atoms with van der Waals surface area (Å²) in [4.78, 5) is 25.6. The molecule has 0 aliphatic carbocycles. The molecule has 2 aromatic rings. The van der Waals surface area contributed by atoms with E-state index in [0.717, 1.165) is 16.8 Å². The number of carbonyl (C=O) groups is 2. The monoisotopic (exact) mass is 325 g/mol. The highest BCUT2D eigenvalue weighted by molar-refractivity contribution is 6.01.